The summed E-state index contributed by atoms with van der Waals surface area (Å²) in [6, 6.07) is 2.03. The number of aromatic nitrogens is 2. The van der Waals surface area contributed by atoms with Crippen molar-refractivity contribution < 1.29 is 9.15 Å². The summed E-state index contributed by atoms with van der Waals surface area (Å²) in [6.07, 6.45) is 4.71. The number of nitrogens with zero attached hydrogens (tertiary/aromatic N) is 2. The van der Waals surface area contributed by atoms with Crippen molar-refractivity contribution in [1.82, 2.24) is 15.1 Å². The quantitative estimate of drug-likeness (QED) is 0.834. The standard InChI is InChI=1S/C14H21N3O2/c1-4-5-17-9-14(8-16-17)18-10-13-6-12(7-15-3)11(2)19-13/h6,8-9,15H,4-5,7,10H2,1-3H3. The molecule has 0 aliphatic heterocycles. The summed E-state index contributed by atoms with van der Waals surface area (Å²) in [5.41, 5.74) is 1.17. The zero-order chi connectivity index (χ0) is 13.7. The molecule has 2 aromatic rings. The maximum Gasteiger partial charge on any atom is 0.157 e. The molecule has 1 N–H and O–H groups in total. The van der Waals surface area contributed by atoms with Gasteiger partial charge in [-0.3, -0.25) is 4.68 Å². The van der Waals surface area contributed by atoms with Gasteiger partial charge >= 0.3 is 0 Å². The third kappa shape index (κ3) is 3.61. The van der Waals surface area contributed by atoms with E-state index < -0.39 is 0 Å². The fraction of sp³-hybridized carbons (Fsp3) is 0.500. The fourth-order valence-electron chi connectivity index (χ4n) is 1.95. The van der Waals surface area contributed by atoms with Gasteiger partial charge < -0.3 is 14.5 Å². The predicted octanol–water partition coefficient (Wildman–Crippen LogP) is 2.49. The molecular weight excluding hydrogens is 242 g/mol. The number of hydrogen-bond donors (Lipinski definition) is 1. The first-order valence-electron chi connectivity index (χ1n) is 6.61. The van der Waals surface area contributed by atoms with Gasteiger partial charge in [0.15, 0.2) is 5.75 Å². The second kappa shape index (κ2) is 6.43. The molecule has 0 aromatic carbocycles. The van der Waals surface area contributed by atoms with Crippen molar-refractivity contribution >= 4 is 0 Å². The van der Waals surface area contributed by atoms with Crippen molar-refractivity contribution in [2.24, 2.45) is 0 Å². The lowest BCUT2D eigenvalue weighted by Gasteiger charge is -1.99. The highest BCUT2D eigenvalue weighted by atomic mass is 16.5. The van der Waals surface area contributed by atoms with E-state index in [1.54, 1.807) is 6.20 Å². The minimum atomic E-state index is 0.433. The molecule has 0 aliphatic carbocycles. The van der Waals surface area contributed by atoms with Crippen LogP contribution in [-0.2, 0) is 19.7 Å². The van der Waals surface area contributed by atoms with Gasteiger partial charge in [0.05, 0.1) is 12.4 Å². The molecule has 2 heterocycles. The van der Waals surface area contributed by atoms with Crippen LogP contribution in [0.25, 0.3) is 0 Å². The highest BCUT2D eigenvalue weighted by molar-refractivity contribution is 5.21. The Morgan fingerprint density at radius 2 is 2.32 bits per heavy atom. The fourth-order valence-corrected chi connectivity index (χ4v) is 1.95. The van der Waals surface area contributed by atoms with E-state index in [9.17, 15) is 0 Å². The van der Waals surface area contributed by atoms with E-state index in [0.29, 0.717) is 6.61 Å². The van der Waals surface area contributed by atoms with Gasteiger partial charge in [-0.25, -0.2) is 0 Å². The molecule has 5 nitrogen and oxygen atoms in total. The van der Waals surface area contributed by atoms with Crippen molar-refractivity contribution in [1.29, 1.82) is 0 Å². The Balaban J connectivity index is 1.92. The molecule has 0 atom stereocenters. The molecular formula is C14H21N3O2. The van der Waals surface area contributed by atoms with E-state index in [2.05, 4.69) is 17.3 Å². The average molecular weight is 263 g/mol. The Labute approximate surface area is 113 Å². The summed E-state index contributed by atoms with van der Waals surface area (Å²) < 4.78 is 13.2. The minimum Gasteiger partial charge on any atom is -0.482 e. The second-order valence-electron chi connectivity index (χ2n) is 4.55. The number of aryl methyl sites for hydroxylation is 2. The largest absolute Gasteiger partial charge is 0.482 e. The van der Waals surface area contributed by atoms with Crippen LogP contribution in [-0.4, -0.2) is 16.8 Å². The normalized spacial score (nSPS) is 10.9. The smallest absolute Gasteiger partial charge is 0.157 e. The summed E-state index contributed by atoms with van der Waals surface area (Å²) in [4.78, 5) is 0. The molecule has 0 spiro atoms. The maximum absolute atomic E-state index is 5.67. The predicted molar refractivity (Wildman–Crippen MR) is 73.1 cm³/mol. The number of nitrogens with one attached hydrogen (secondary N) is 1. The lowest BCUT2D eigenvalue weighted by atomic mass is 10.2. The van der Waals surface area contributed by atoms with E-state index in [0.717, 1.165) is 36.8 Å². The number of furan rings is 1. The molecule has 0 radical (unpaired) electrons. The van der Waals surface area contributed by atoms with Crippen molar-refractivity contribution in [2.45, 2.75) is 40.0 Å². The molecule has 104 valence electrons. The summed E-state index contributed by atoms with van der Waals surface area (Å²) in [7, 11) is 1.92. The van der Waals surface area contributed by atoms with Crippen LogP contribution in [0, 0.1) is 6.92 Å². The SMILES string of the molecule is CCCn1cc(OCc2cc(CNC)c(C)o2)cn1. The van der Waals surface area contributed by atoms with Crippen molar-refractivity contribution in [2.75, 3.05) is 7.05 Å². The highest BCUT2D eigenvalue weighted by Gasteiger charge is 2.08. The third-order valence-corrected chi connectivity index (χ3v) is 2.88. The van der Waals surface area contributed by atoms with Gasteiger partial charge in [0, 0.05) is 18.7 Å². The lowest BCUT2D eigenvalue weighted by Crippen LogP contribution is -2.04. The Morgan fingerprint density at radius 1 is 1.47 bits per heavy atom. The van der Waals surface area contributed by atoms with E-state index in [1.165, 1.54) is 5.56 Å². The van der Waals surface area contributed by atoms with E-state index in [-0.39, 0.29) is 0 Å². The molecule has 0 bridgehead atoms. The van der Waals surface area contributed by atoms with Crippen molar-refractivity contribution in [3.8, 4) is 5.75 Å². The molecule has 5 heteroatoms. The monoisotopic (exact) mass is 263 g/mol. The molecule has 2 rings (SSSR count). The minimum absolute atomic E-state index is 0.433. The van der Waals surface area contributed by atoms with Crippen LogP contribution in [0.15, 0.2) is 22.9 Å². The molecule has 0 aliphatic rings. The van der Waals surface area contributed by atoms with Crippen LogP contribution in [0.3, 0.4) is 0 Å². The summed E-state index contributed by atoms with van der Waals surface area (Å²) in [5.74, 6) is 2.55. The van der Waals surface area contributed by atoms with Gasteiger partial charge in [0.2, 0.25) is 0 Å². The first-order chi connectivity index (χ1) is 9.22. The van der Waals surface area contributed by atoms with Crippen LogP contribution in [0.1, 0.15) is 30.4 Å². The molecule has 0 amide bonds. The Hall–Kier alpha value is -1.75. The Kier molecular flexibility index (Phi) is 4.63. The zero-order valence-electron chi connectivity index (χ0n) is 11.8. The average Bonchev–Trinajstić information content (AvgIpc) is 2.96. The van der Waals surface area contributed by atoms with Gasteiger partial charge in [-0.2, -0.15) is 5.10 Å². The molecule has 19 heavy (non-hydrogen) atoms. The van der Waals surface area contributed by atoms with Gasteiger partial charge in [-0.1, -0.05) is 6.92 Å². The van der Waals surface area contributed by atoms with Crippen LogP contribution >= 0.6 is 0 Å². The lowest BCUT2D eigenvalue weighted by molar-refractivity contribution is 0.267. The highest BCUT2D eigenvalue weighted by Crippen LogP contribution is 2.17. The number of ether oxygens (including phenoxy) is 1. The van der Waals surface area contributed by atoms with Gasteiger partial charge in [0.25, 0.3) is 0 Å². The van der Waals surface area contributed by atoms with Crippen LogP contribution in [0.2, 0.25) is 0 Å². The summed E-state index contributed by atoms with van der Waals surface area (Å²) in [5, 5.41) is 7.34. The number of rotatable bonds is 7. The first kappa shape index (κ1) is 13.7. The molecule has 0 fully saturated rings. The van der Waals surface area contributed by atoms with E-state index in [1.807, 2.05) is 30.9 Å². The first-order valence-corrected chi connectivity index (χ1v) is 6.61. The molecule has 2 aromatic heterocycles. The van der Waals surface area contributed by atoms with Crippen molar-refractivity contribution in [3.63, 3.8) is 0 Å². The van der Waals surface area contributed by atoms with Crippen LogP contribution in [0.4, 0.5) is 0 Å². The maximum atomic E-state index is 5.67. The Bertz CT molecular complexity index is 516. The van der Waals surface area contributed by atoms with Crippen molar-refractivity contribution in [3.05, 3.63) is 35.5 Å². The molecule has 0 unspecified atom stereocenters. The van der Waals surface area contributed by atoms with Crippen LogP contribution in [0.5, 0.6) is 5.75 Å². The molecule has 0 saturated heterocycles. The number of hydrogen-bond acceptors (Lipinski definition) is 4. The molecule has 0 saturated carbocycles. The zero-order valence-corrected chi connectivity index (χ0v) is 11.8. The van der Waals surface area contributed by atoms with Gasteiger partial charge in [-0.15, -0.1) is 0 Å². The van der Waals surface area contributed by atoms with Gasteiger partial charge in [-0.05, 0) is 26.5 Å². The van der Waals surface area contributed by atoms with Gasteiger partial charge in [0.1, 0.15) is 18.1 Å². The Morgan fingerprint density at radius 3 is 3.05 bits per heavy atom. The third-order valence-electron chi connectivity index (χ3n) is 2.88. The van der Waals surface area contributed by atoms with E-state index in [4.69, 9.17) is 9.15 Å². The van der Waals surface area contributed by atoms with E-state index >= 15 is 0 Å². The summed E-state index contributed by atoms with van der Waals surface area (Å²) >= 11 is 0. The van der Waals surface area contributed by atoms with Crippen LogP contribution < -0.4 is 10.1 Å². The second-order valence-corrected chi connectivity index (χ2v) is 4.55. The summed E-state index contributed by atoms with van der Waals surface area (Å²) in [6.45, 7) is 6.24. The topological polar surface area (TPSA) is 52.2 Å².